The van der Waals surface area contributed by atoms with Crippen molar-refractivity contribution in [1.29, 1.82) is 0 Å². The fraction of sp³-hybridized carbons (Fsp3) is 0.636. The molecule has 0 amide bonds. The molecule has 16 heavy (non-hydrogen) atoms. The predicted molar refractivity (Wildman–Crippen MR) is 69.2 cm³/mol. The van der Waals surface area contributed by atoms with Crippen molar-refractivity contribution >= 4 is 23.4 Å². The second-order valence-corrected chi connectivity index (χ2v) is 4.81. The third kappa shape index (κ3) is 3.52. The molecule has 1 rings (SSSR count). The largest absolute Gasteiger partial charge is 0.364 e. The van der Waals surface area contributed by atoms with Crippen LogP contribution in [-0.4, -0.2) is 22.6 Å². The van der Waals surface area contributed by atoms with Crippen LogP contribution in [-0.2, 0) is 0 Å². The highest BCUT2D eigenvalue weighted by molar-refractivity contribution is 6.32. The van der Waals surface area contributed by atoms with Crippen LogP contribution in [0.2, 0.25) is 5.02 Å². The van der Waals surface area contributed by atoms with Gasteiger partial charge in [-0.25, -0.2) is 4.98 Å². The first kappa shape index (κ1) is 13.0. The van der Waals surface area contributed by atoms with Crippen LogP contribution in [0.5, 0.6) is 0 Å². The molecule has 2 N–H and O–H groups in total. The maximum Gasteiger partial charge on any atom is 0.224 e. The molecule has 0 saturated heterocycles. The smallest absolute Gasteiger partial charge is 0.224 e. The molecule has 1 aromatic rings. The second-order valence-electron chi connectivity index (χ2n) is 4.40. The number of halogens is 1. The molecular weight excluding hydrogens is 224 g/mol. The Bertz CT molecular complexity index is 352. The molecule has 0 saturated carbocycles. The molecule has 0 atom stereocenters. The van der Waals surface area contributed by atoms with Gasteiger partial charge in [-0.1, -0.05) is 24.9 Å². The summed E-state index contributed by atoms with van der Waals surface area (Å²) in [5, 5.41) is 6.78. The molecule has 0 unspecified atom stereocenters. The average Bonchev–Trinajstić information content (AvgIpc) is 2.21. The molecular formula is C11H19ClN4. The minimum atomic E-state index is -0.0161. The number of anilines is 2. The van der Waals surface area contributed by atoms with Gasteiger partial charge in [0.05, 0.1) is 6.20 Å². The molecule has 90 valence electrons. The summed E-state index contributed by atoms with van der Waals surface area (Å²) in [4.78, 5) is 8.33. The summed E-state index contributed by atoms with van der Waals surface area (Å²) >= 11 is 6.04. The fourth-order valence-corrected chi connectivity index (χ4v) is 1.72. The molecule has 0 aliphatic carbocycles. The van der Waals surface area contributed by atoms with Gasteiger partial charge in [-0.2, -0.15) is 4.98 Å². The predicted octanol–water partition coefficient (Wildman–Crippen LogP) is 3.16. The molecule has 0 fully saturated rings. The van der Waals surface area contributed by atoms with E-state index in [-0.39, 0.29) is 5.54 Å². The van der Waals surface area contributed by atoms with Crippen molar-refractivity contribution in [3.8, 4) is 0 Å². The third-order valence-electron chi connectivity index (χ3n) is 2.30. The third-order valence-corrected chi connectivity index (χ3v) is 2.58. The van der Waals surface area contributed by atoms with E-state index in [1.807, 2.05) is 0 Å². The summed E-state index contributed by atoms with van der Waals surface area (Å²) in [5.41, 5.74) is -0.0161. The Balaban J connectivity index is 2.87. The van der Waals surface area contributed by atoms with Crippen LogP contribution in [0.15, 0.2) is 6.20 Å². The van der Waals surface area contributed by atoms with Gasteiger partial charge < -0.3 is 10.6 Å². The molecule has 5 heteroatoms. The van der Waals surface area contributed by atoms with Crippen molar-refractivity contribution in [2.75, 3.05) is 17.7 Å². The van der Waals surface area contributed by atoms with Gasteiger partial charge >= 0.3 is 0 Å². The van der Waals surface area contributed by atoms with E-state index in [0.717, 1.165) is 12.8 Å². The number of aromatic nitrogens is 2. The summed E-state index contributed by atoms with van der Waals surface area (Å²) in [6, 6.07) is 0. The van der Waals surface area contributed by atoms with Crippen LogP contribution < -0.4 is 10.6 Å². The minimum Gasteiger partial charge on any atom is -0.364 e. The molecule has 0 aromatic carbocycles. The van der Waals surface area contributed by atoms with Gasteiger partial charge in [0, 0.05) is 12.6 Å². The van der Waals surface area contributed by atoms with E-state index in [9.17, 15) is 0 Å². The monoisotopic (exact) mass is 242 g/mol. The standard InChI is InChI=1S/C11H19ClN4/c1-5-6-11(2,3)16-9-8(12)7-14-10(13-4)15-9/h7H,5-6H2,1-4H3,(H2,13,14,15,16). The Hall–Kier alpha value is -1.03. The first-order valence-electron chi connectivity index (χ1n) is 5.47. The highest BCUT2D eigenvalue weighted by atomic mass is 35.5. The summed E-state index contributed by atoms with van der Waals surface area (Å²) < 4.78 is 0. The summed E-state index contributed by atoms with van der Waals surface area (Å²) in [5.74, 6) is 1.25. The molecule has 1 heterocycles. The van der Waals surface area contributed by atoms with E-state index in [4.69, 9.17) is 11.6 Å². The number of hydrogen-bond donors (Lipinski definition) is 2. The van der Waals surface area contributed by atoms with Crippen molar-refractivity contribution in [2.45, 2.75) is 39.2 Å². The van der Waals surface area contributed by atoms with E-state index in [1.165, 1.54) is 0 Å². The maximum atomic E-state index is 6.04. The van der Waals surface area contributed by atoms with E-state index in [1.54, 1.807) is 13.2 Å². The summed E-state index contributed by atoms with van der Waals surface area (Å²) in [7, 11) is 1.78. The van der Waals surface area contributed by atoms with Gasteiger partial charge in [-0.05, 0) is 20.3 Å². The zero-order valence-corrected chi connectivity index (χ0v) is 11.0. The van der Waals surface area contributed by atoms with E-state index >= 15 is 0 Å². The number of hydrogen-bond acceptors (Lipinski definition) is 4. The van der Waals surface area contributed by atoms with E-state index in [0.29, 0.717) is 16.8 Å². The van der Waals surface area contributed by atoms with Crippen molar-refractivity contribution in [1.82, 2.24) is 9.97 Å². The Morgan fingerprint density at radius 2 is 2.12 bits per heavy atom. The van der Waals surface area contributed by atoms with E-state index in [2.05, 4.69) is 41.4 Å². The van der Waals surface area contributed by atoms with Crippen LogP contribution >= 0.6 is 11.6 Å². The van der Waals surface area contributed by atoms with Crippen molar-refractivity contribution in [3.05, 3.63) is 11.2 Å². The SMILES string of the molecule is CCCC(C)(C)Nc1nc(NC)ncc1Cl. The highest BCUT2D eigenvalue weighted by Gasteiger charge is 2.18. The lowest BCUT2D eigenvalue weighted by Gasteiger charge is -2.26. The zero-order chi connectivity index (χ0) is 12.2. The maximum absolute atomic E-state index is 6.04. The topological polar surface area (TPSA) is 49.8 Å². The fourth-order valence-electron chi connectivity index (χ4n) is 1.58. The molecule has 0 bridgehead atoms. The van der Waals surface area contributed by atoms with Gasteiger partial charge in [-0.3, -0.25) is 0 Å². The van der Waals surface area contributed by atoms with Gasteiger partial charge in [0.25, 0.3) is 0 Å². The summed E-state index contributed by atoms with van der Waals surface area (Å²) in [6.07, 6.45) is 3.77. The zero-order valence-electron chi connectivity index (χ0n) is 10.3. The van der Waals surface area contributed by atoms with Crippen LogP contribution in [0.3, 0.4) is 0 Å². The van der Waals surface area contributed by atoms with Gasteiger partial charge in [0.2, 0.25) is 5.95 Å². The normalized spacial score (nSPS) is 11.3. The molecule has 0 aliphatic rings. The average molecular weight is 243 g/mol. The number of nitrogens with one attached hydrogen (secondary N) is 2. The van der Waals surface area contributed by atoms with Gasteiger partial charge in [-0.15, -0.1) is 0 Å². The molecule has 0 radical (unpaired) electrons. The molecule has 0 spiro atoms. The first-order chi connectivity index (χ1) is 7.48. The Morgan fingerprint density at radius 1 is 1.44 bits per heavy atom. The van der Waals surface area contributed by atoms with E-state index < -0.39 is 0 Å². The summed E-state index contributed by atoms with van der Waals surface area (Å²) in [6.45, 7) is 6.42. The minimum absolute atomic E-state index is 0.0161. The number of nitrogens with zero attached hydrogens (tertiary/aromatic N) is 2. The van der Waals surface area contributed by atoms with Crippen LogP contribution in [0.25, 0.3) is 0 Å². The second kappa shape index (κ2) is 5.34. The lowest BCUT2D eigenvalue weighted by atomic mass is 9.99. The van der Waals surface area contributed by atoms with Crippen molar-refractivity contribution < 1.29 is 0 Å². The van der Waals surface area contributed by atoms with Crippen molar-refractivity contribution in [3.63, 3.8) is 0 Å². The Kier molecular flexibility index (Phi) is 4.35. The van der Waals surface area contributed by atoms with Crippen LogP contribution in [0.1, 0.15) is 33.6 Å². The highest BCUT2D eigenvalue weighted by Crippen LogP contribution is 2.24. The van der Waals surface area contributed by atoms with Crippen LogP contribution in [0, 0.1) is 0 Å². The molecule has 0 aliphatic heterocycles. The molecule has 4 nitrogen and oxygen atoms in total. The van der Waals surface area contributed by atoms with Gasteiger partial charge in [0.1, 0.15) is 5.02 Å². The quantitative estimate of drug-likeness (QED) is 0.833. The first-order valence-corrected chi connectivity index (χ1v) is 5.85. The number of rotatable bonds is 5. The Labute approximate surface area is 102 Å². The van der Waals surface area contributed by atoms with Gasteiger partial charge in [0.15, 0.2) is 5.82 Å². The lowest BCUT2D eigenvalue weighted by molar-refractivity contribution is 0.509. The van der Waals surface area contributed by atoms with Crippen molar-refractivity contribution in [2.24, 2.45) is 0 Å². The molecule has 1 aromatic heterocycles. The van der Waals surface area contributed by atoms with Crippen LogP contribution in [0.4, 0.5) is 11.8 Å². The lowest BCUT2D eigenvalue weighted by Crippen LogP contribution is -2.31. The Morgan fingerprint density at radius 3 is 2.69 bits per heavy atom.